The molecular formula is C38H38N6O6. The Morgan fingerprint density at radius 3 is 2.38 bits per heavy atom. The van der Waals surface area contributed by atoms with Crippen LogP contribution in [-0.4, -0.2) is 70.4 Å². The molecule has 1 atom stereocenters. The number of aromatic nitrogens is 2. The first-order valence-electron chi connectivity index (χ1n) is 16.2. The Morgan fingerprint density at radius 2 is 1.62 bits per heavy atom. The molecule has 2 aromatic heterocycles. The summed E-state index contributed by atoms with van der Waals surface area (Å²) in [5.74, 6) is -1.38. The monoisotopic (exact) mass is 674 g/mol. The Kier molecular flexibility index (Phi) is 11.4. The minimum absolute atomic E-state index is 0.0586. The van der Waals surface area contributed by atoms with E-state index in [2.05, 4.69) is 20.9 Å². The van der Waals surface area contributed by atoms with Crippen molar-refractivity contribution in [1.82, 2.24) is 30.4 Å². The zero-order valence-corrected chi connectivity index (χ0v) is 27.8. The molecule has 256 valence electrons. The largest absolute Gasteiger partial charge is 0.352 e. The molecule has 3 N–H and O–H groups in total. The number of imide groups is 1. The van der Waals surface area contributed by atoms with Crippen LogP contribution in [0.1, 0.15) is 62.0 Å². The zero-order valence-electron chi connectivity index (χ0n) is 27.8. The molecule has 12 nitrogen and oxygen atoms in total. The smallest absolute Gasteiger partial charge is 0.254 e. The molecule has 50 heavy (non-hydrogen) atoms. The van der Waals surface area contributed by atoms with Crippen molar-refractivity contribution < 1.29 is 28.8 Å². The molecular weight excluding hydrogens is 636 g/mol. The summed E-state index contributed by atoms with van der Waals surface area (Å²) in [5.41, 5.74) is 4.11. The summed E-state index contributed by atoms with van der Waals surface area (Å²) >= 11 is 0. The fraction of sp³-hybridized carbons (Fsp3) is 0.237. The fourth-order valence-corrected chi connectivity index (χ4v) is 5.74. The van der Waals surface area contributed by atoms with Crippen LogP contribution in [0.5, 0.6) is 0 Å². The molecule has 0 saturated heterocycles. The molecule has 0 fully saturated rings. The zero-order chi connectivity index (χ0) is 35.6. The van der Waals surface area contributed by atoms with Crippen LogP contribution in [0.4, 0.5) is 0 Å². The van der Waals surface area contributed by atoms with E-state index in [9.17, 15) is 28.8 Å². The number of rotatable bonds is 15. The molecule has 0 aliphatic heterocycles. The first-order valence-corrected chi connectivity index (χ1v) is 16.2. The van der Waals surface area contributed by atoms with Crippen LogP contribution >= 0.6 is 0 Å². The van der Waals surface area contributed by atoms with Crippen LogP contribution in [0.25, 0.3) is 21.9 Å². The number of benzene rings is 3. The minimum atomic E-state index is -0.444. The lowest BCUT2D eigenvalue weighted by Crippen LogP contribution is -2.36. The summed E-state index contributed by atoms with van der Waals surface area (Å²) < 4.78 is 1.93. The van der Waals surface area contributed by atoms with Crippen molar-refractivity contribution in [3.8, 4) is 0 Å². The average molecular weight is 675 g/mol. The SMILES string of the molecule is CC(CCC(=O)NC=O)N(C)C(=O)c1ccc(C(=O)NCCc2ccc(CNC(=O)Cn3c4ccccc4c4cccnc43)cc2)cc1C=O. The summed E-state index contributed by atoms with van der Waals surface area (Å²) in [5, 5.41) is 9.96. The van der Waals surface area contributed by atoms with E-state index in [1.54, 1.807) is 20.2 Å². The van der Waals surface area contributed by atoms with E-state index in [1.807, 2.05) is 65.2 Å². The van der Waals surface area contributed by atoms with Gasteiger partial charge in [0.05, 0.1) is 11.1 Å². The van der Waals surface area contributed by atoms with Gasteiger partial charge in [0.25, 0.3) is 11.8 Å². The number of para-hydroxylation sites is 1. The number of pyridine rings is 1. The summed E-state index contributed by atoms with van der Waals surface area (Å²) in [6, 6.07) is 23.6. The molecule has 12 heteroatoms. The maximum Gasteiger partial charge on any atom is 0.254 e. The van der Waals surface area contributed by atoms with Gasteiger partial charge in [-0.25, -0.2) is 4.98 Å². The molecule has 0 radical (unpaired) electrons. The van der Waals surface area contributed by atoms with Gasteiger partial charge in [-0.1, -0.05) is 42.5 Å². The predicted molar refractivity (Wildman–Crippen MR) is 188 cm³/mol. The van der Waals surface area contributed by atoms with Crippen LogP contribution in [0.3, 0.4) is 0 Å². The molecule has 1 unspecified atom stereocenters. The number of hydrogen-bond acceptors (Lipinski definition) is 7. The summed E-state index contributed by atoms with van der Waals surface area (Å²) in [6.45, 7) is 2.61. The number of fused-ring (bicyclic) bond motifs is 3. The predicted octanol–water partition coefficient (Wildman–Crippen LogP) is 3.80. The van der Waals surface area contributed by atoms with Crippen molar-refractivity contribution in [1.29, 1.82) is 0 Å². The van der Waals surface area contributed by atoms with Crippen molar-refractivity contribution >= 4 is 58.3 Å². The van der Waals surface area contributed by atoms with Gasteiger partial charge in [0.15, 0.2) is 6.29 Å². The number of nitrogens with zero attached hydrogens (tertiary/aromatic N) is 3. The van der Waals surface area contributed by atoms with Gasteiger partial charge >= 0.3 is 0 Å². The van der Waals surface area contributed by atoms with Gasteiger partial charge in [-0.05, 0) is 67.3 Å². The van der Waals surface area contributed by atoms with Crippen molar-refractivity contribution in [3.63, 3.8) is 0 Å². The molecule has 0 aliphatic rings. The summed E-state index contributed by atoms with van der Waals surface area (Å²) in [7, 11) is 1.56. The third-order valence-electron chi connectivity index (χ3n) is 8.70. The van der Waals surface area contributed by atoms with E-state index in [0.717, 1.165) is 33.1 Å². The number of hydrogen-bond donors (Lipinski definition) is 3. The Balaban J connectivity index is 1.09. The highest BCUT2D eigenvalue weighted by molar-refractivity contribution is 6.07. The Hall–Kier alpha value is -6.17. The van der Waals surface area contributed by atoms with Gasteiger partial charge in [0.2, 0.25) is 18.2 Å². The highest BCUT2D eigenvalue weighted by Crippen LogP contribution is 2.27. The van der Waals surface area contributed by atoms with E-state index in [-0.39, 0.29) is 47.5 Å². The Morgan fingerprint density at radius 1 is 0.880 bits per heavy atom. The van der Waals surface area contributed by atoms with Gasteiger partial charge in [0, 0.05) is 60.7 Å². The van der Waals surface area contributed by atoms with Gasteiger partial charge in [0.1, 0.15) is 12.2 Å². The number of amides is 5. The molecule has 0 saturated carbocycles. The Bertz CT molecular complexity index is 2000. The molecule has 0 aliphatic carbocycles. The second-order valence-electron chi connectivity index (χ2n) is 12.0. The highest BCUT2D eigenvalue weighted by atomic mass is 16.2. The van der Waals surface area contributed by atoms with Crippen LogP contribution in [0.15, 0.2) is 85.1 Å². The molecule has 0 spiro atoms. The summed E-state index contributed by atoms with van der Waals surface area (Å²) in [6.07, 6.45) is 3.51. The molecule has 0 bridgehead atoms. The van der Waals surface area contributed by atoms with Crippen molar-refractivity contribution in [3.05, 3.63) is 113 Å². The van der Waals surface area contributed by atoms with E-state index in [1.165, 1.54) is 23.1 Å². The van der Waals surface area contributed by atoms with Gasteiger partial charge in [-0.3, -0.25) is 34.1 Å². The van der Waals surface area contributed by atoms with E-state index >= 15 is 0 Å². The molecule has 5 aromatic rings. The quantitative estimate of drug-likeness (QED) is 0.143. The Labute approximate surface area is 288 Å². The second kappa shape index (κ2) is 16.3. The number of nitrogens with one attached hydrogen (secondary N) is 3. The third-order valence-corrected chi connectivity index (χ3v) is 8.70. The fourth-order valence-electron chi connectivity index (χ4n) is 5.74. The lowest BCUT2D eigenvalue weighted by atomic mass is 10.0. The van der Waals surface area contributed by atoms with Crippen LogP contribution in [0.2, 0.25) is 0 Å². The van der Waals surface area contributed by atoms with Crippen molar-refractivity contribution in [2.24, 2.45) is 0 Å². The lowest BCUT2D eigenvalue weighted by Gasteiger charge is -2.25. The average Bonchev–Trinajstić information content (AvgIpc) is 3.45. The van der Waals surface area contributed by atoms with Crippen LogP contribution in [0, 0.1) is 0 Å². The topological polar surface area (TPSA) is 160 Å². The van der Waals surface area contributed by atoms with Gasteiger partial charge in [-0.2, -0.15) is 0 Å². The van der Waals surface area contributed by atoms with Crippen LogP contribution < -0.4 is 16.0 Å². The number of aldehydes is 1. The standard InChI is InChI=1S/C38H38N6O6/c1-25(9-16-34(47)42-24-46)43(2)38(50)30-15-14-28(20-29(30)23-45)37(49)40-19-17-26-10-12-27(13-11-26)21-41-35(48)22-44-33-8-4-3-6-31(33)32-7-5-18-39-36(32)44/h3-8,10-15,18,20,23-25H,9,16-17,19,21-22H2,1-2H3,(H,40,49)(H,41,48)(H,42,46,47). The summed E-state index contributed by atoms with van der Waals surface area (Å²) in [4.78, 5) is 78.6. The van der Waals surface area contributed by atoms with E-state index in [4.69, 9.17) is 0 Å². The normalized spacial score (nSPS) is 11.5. The molecule has 5 amide bonds. The number of carbonyl (C=O) groups excluding carboxylic acids is 6. The van der Waals surface area contributed by atoms with Gasteiger partial charge < -0.3 is 20.1 Å². The number of carbonyl (C=O) groups is 6. The highest BCUT2D eigenvalue weighted by Gasteiger charge is 2.22. The lowest BCUT2D eigenvalue weighted by molar-refractivity contribution is -0.125. The maximum atomic E-state index is 13.1. The van der Waals surface area contributed by atoms with Crippen molar-refractivity contribution in [2.45, 2.75) is 45.3 Å². The van der Waals surface area contributed by atoms with Crippen LogP contribution in [-0.2, 0) is 33.9 Å². The molecule has 2 heterocycles. The van der Waals surface area contributed by atoms with E-state index in [0.29, 0.717) is 38.6 Å². The first-order chi connectivity index (χ1) is 24.2. The van der Waals surface area contributed by atoms with E-state index < -0.39 is 11.8 Å². The first kappa shape index (κ1) is 35.1. The third kappa shape index (κ3) is 8.27. The molecule has 5 rings (SSSR count). The van der Waals surface area contributed by atoms with Gasteiger partial charge in [-0.15, -0.1) is 0 Å². The second-order valence-corrected chi connectivity index (χ2v) is 12.0. The van der Waals surface area contributed by atoms with Crippen molar-refractivity contribution in [2.75, 3.05) is 13.6 Å². The minimum Gasteiger partial charge on any atom is -0.352 e. The maximum absolute atomic E-state index is 13.1. The molecule has 3 aromatic carbocycles.